The second kappa shape index (κ2) is 8.21. The molecular weight excluding hydrogens is 384 g/mol. The maximum absolute atomic E-state index is 12.2. The molecule has 1 heterocycles. The molecule has 29 heavy (non-hydrogen) atoms. The van der Waals surface area contributed by atoms with E-state index in [-0.39, 0.29) is 22.7 Å². The third-order valence-electron chi connectivity index (χ3n) is 3.86. The molecule has 0 atom stereocenters. The first kappa shape index (κ1) is 19.5. The predicted molar refractivity (Wildman–Crippen MR) is 101 cm³/mol. The zero-order valence-electron chi connectivity index (χ0n) is 15.0. The van der Waals surface area contributed by atoms with Crippen LogP contribution in [0.4, 0.5) is 11.4 Å². The van der Waals surface area contributed by atoms with E-state index in [2.05, 4.69) is 5.32 Å². The molecule has 148 valence electrons. The van der Waals surface area contributed by atoms with Gasteiger partial charge >= 0.3 is 11.6 Å². The standard InChI is InChI=1S/C19H14N2O8/c1-27-16-7-6-12(21(25)26)9-14(16)20-17(22)10-28-18(23)13-8-11-4-2-3-5-15(11)29-19(13)24/h2-9H,10H2,1H3,(H,20,22). The lowest BCUT2D eigenvalue weighted by atomic mass is 10.2. The molecule has 1 aromatic heterocycles. The Bertz CT molecular complexity index is 1170. The number of nitro groups is 1. The lowest BCUT2D eigenvalue weighted by molar-refractivity contribution is -0.384. The molecule has 10 heteroatoms. The molecule has 0 fully saturated rings. The van der Waals surface area contributed by atoms with Gasteiger partial charge in [0, 0.05) is 17.5 Å². The van der Waals surface area contributed by atoms with Crippen molar-refractivity contribution in [2.24, 2.45) is 0 Å². The van der Waals surface area contributed by atoms with E-state index in [1.165, 1.54) is 25.3 Å². The summed E-state index contributed by atoms with van der Waals surface area (Å²) in [5, 5.41) is 13.8. The second-order valence-corrected chi connectivity index (χ2v) is 5.75. The predicted octanol–water partition coefficient (Wildman–Crippen LogP) is 2.51. The van der Waals surface area contributed by atoms with E-state index in [4.69, 9.17) is 13.9 Å². The number of non-ortho nitro benzene ring substituents is 1. The Morgan fingerprint density at radius 2 is 1.93 bits per heavy atom. The molecule has 3 aromatic rings. The van der Waals surface area contributed by atoms with Crippen molar-refractivity contribution in [3.8, 4) is 5.75 Å². The van der Waals surface area contributed by atoms with Crippen LogP contribution in [0.1, 0.15) is 10.4 Å². The summed E-state index contributed by atoms with van der Waals surface area (Å²) >= 11 is 0. The number of hydrogen-bond donors (Lipinski definition) is 1. The van der Waals surface area contributed by atoms with Crippen molar-refractivity contribution in [3.05, 3.63) is 74.6 Å². The molecular formula is C19H14N2O8. The molecule has 0 aliphatic heterocycles. The average molecular weight is 398 g/mol. The third kappa shape index (κ3) is 4.38. The largest absolute Gasteiger partial charge is 0.495 e. The average Bonchev–Trinajstić information content (AvgIpc) is 2.71. The fourth-order valence-electron chi connectivity index (χ4n) is 2.51. The quantitative estimate of drug-likeness (QED) is 0.289. The molecule has 2 aromatic carbocycles. The van der Waals surface area contributed by atoms with Crippen LogP contribution in [0.15, 0.2) is 57.7 Å². The summed E-state index contributed by atoms with van der Waals surface area (Å²) in [4.78, 5) is 46.4. The minimum atomic E-state index is -1.04. The highest BCUT2D eigenvalue weighted by molar-refractivity contribution is 5.97. The summed E-state index contributed by atoms with van der Waals surface area (Å²) in [6.07, 6.45) is 0. The Labute approximate surface area is 162 Å². The van der Waals surface area contributed by atoms with Gasteiger partial charge in [0.05, 0.1) is 17.7 Å². The fourth-order valence-corrected chi connectivity index (χ4v) is 2.51. The SMILES string of the molecule is COc1ccc([N+](=O)[O-])cc1NC(=O)COC(=O)c1cc2ccccc2oc1=O. The number of nitrogens with zero attached hydrogens (tertiary/aromatic N) is 1. The van der Waals surface area contributed by atoms with Crippen LogP contribution in [0.2, 0.25) is 0 Å². The molecule has 0 spiro atoms. The van der Waals surface area contributed by atoms with E-state index >= 15 is 0 Å². The topological polar surface area (TPSA) is 138 Å². The summed E-state index contributed by atoms with van der Waals surface area (Å²) in [5.74, 6) is -1.63. The maximum atomic E-state index is 12.2. The molecule has 0 bridgehead atoms. The number of nitro benzene ring substituents is 1. The number of carbonyl (C=O) groups is 2. The molecule has 0 aliphatic rings. The van der Waals surface area contributed by atoms with Gasteiger partial charge in [-0.3, -0.25) is 14.9 Å². The number of carbonyl (C=O) groups excluding carboxylic acids is 2. The van der Waals surface area contributed by atoms with Crippen LogP contribution >= 0.6 is 0 Å². The number of esters is 1. The van der Waals surface area contributed by atoms with Gasteiger partial charge in [0.1, 0.15) is 16.9 Å². The summed E-state index contributed by atoms with van der Waals surface area (Å²) in [6.45, 7) is -0.725. The molecule has 1 N–H and O–H groups in total. The molecule has 0 unspecified atom stereocenters. The minimum Gasteiger partial charge on any atom is -0.495 e. The Kier molecular flexibility index (Phi) is 5.54. The zero-order valence-corrected chi connectivity index (χ0v) is 15.0. The molecule has 0 saturated heterocycles. The van der Waals surface area contributed by atoms with Crippen LogP contribution in [0.5, 0.6) is 5.75 Å². The lowest BCUT2D eigenvalue weighted by Gasteiger charge is -2.10. The van der Waals surface area contributed by atoms with Crippen LogP contribution in [0.25, 0.3) is 11.0 Å². The van der Waals surface area contributed by atoms with Gasteiger partial charge < -0.3 is 19.2 Å². The van der Waals surface area contributed by atoms with Crippen molar-refractivity contribution in [2.75, 3.05) is 19.0 Å². The number of rotatable bonds is 6. The Morgan fingerprint density at radius 1 is 1.17 bits per heavy atom. The number of para-hydroxylation sites is 1. The van der Waals surface area contributed by atoms with Crippen molar-refractivity contribution in [3.63, 3.8) is 0 Å². The highest BCUT2D eigenvalue weighted by Crippen LogP contribution is 2.28. The van der Waals surface area contributed by atoms with E-state index < -0.39 is 29.0 Å². The van der Waals surface area contributed by atoms with Gasteiger partial charge in [-0.2, -0.15) is 0 Å². The van der Waals surface area contributed by atoms with Gasteiger partial charge in [0.2, 0.25) is 0 Å². The normalized spacial score (nSPS) is 10.4. The molecule has 10 nitrogen and oxygen atoms in total. The number of methoxy groups -OCH3 is 1. The van der Waals surface area contributed by atoms with E-state index in [0.717, 1.165) is 6.07 Å². The molecule has 3 rings (SSSR count). The number of ether oxygens (including phenoxy) is 2. The Morgan fingerprint density at radius 3 is 2.66 bits per heavy atom. The number of fused-ring (bicyclic) bond motifs is 1. The van der Waals surface area contributed by atoms with Crippen molar-refractivity contribution < 1.29 is 28.4 Å². The third-order valence-corrected chi connectivity index (χ3v) is 3.86. The monoisotopic (exact) mass is 398 g/mol. The van der Waals surface area contributed by atoms with Gasteiger partial charge in [0.15, 0.2) is 6.61 Å². The van der Waals surface area contributed by atoms with Crippen molar-refractivity contribution in [2.45, 2.75) is 0 Å². The first-order valence-corrected chi connectivity index (χ1v) is 8.21. The van der Waals surface area contributed by atoms with E-state index in [0.29, 0.717) is 11.0 Å². The Hall–Kier alpha value is -4.21. The zero-order chi connectivity index (χ0) is 21.0. The maximum Gasteiger partial charge on any atom is 0.351 e. The summed E-state index contributed by atoms with van der Waals surface area (Å²) in [7, 11) is 1.33. The van der Waals surface area contributed by atoms with Crippen molar-refractivity contribution in [1.29, 1.82) is 0 Å². The van der Waals surface area contributed by atoms with Crippen molar-refractivity contribution in [1.82, 2.24) is 0 Å². The number of benzene rings is 2. The minimum absolute atomic E-state index is 0.0352. The number of nitrogens with one attached hydrogen (secondary N) is 1. The van der Waals surface area contributed by atoms with Crippen LogP contribution in [0, 0.1) is 10.1 Å². The fraction of sp³-hybridized carbons (Fsp3) is 0.105. The summed E-state index contributed by atoms with van der Waals surface area (Å²) in [6, 6.07) is 11.6. The molecule has 0 saturated carbocycles. The van der Waals surface area contributed by atoms with Crippen LogP contribution < -0.4 is 15.7 Å². The smallest absolute Gasteiger partial charge is 0.351 e. The van der Waals surface area contributed by atoms with Gasteiger partial charge in [-0.05, 0) is 18.2 Å². The molecule has 1 amide bonds. The number of hydrogen-bond acceptors (Lipinski definition) is 8. The van der Waals surface area contributed by atoms with Crippen LogP contribution in [0.3, 0.4) is 0 Å². The highest BCUT2D eigenvalue weighted by atomic mass is 16.6. The number of amides is 1. The van der Waals surface area contributed by atoms with Gasteiger partial charge in [0.25, 0.3) is 11.6 Å². The number of anilines is 1. The van der Waals surface area contributed by atoms with Crippen molar-refractivity contribution >= 4 is 34.2 Å². The second-order valence-electron chi connectivity index (χ2n) is 5.75. The summed E-state index contributed by atoms with van der Waals surface area (Å²) in [5.41, 5.74) is -1.16. The first-order chi connectivity index (χ1) is 13.9. The highest BCUT2D eigenvalue weighted by Gasteiger charge is 2.18. The van der Waals surface area contributed by atoms with Crippen LogP contribution in [-0.2, 0) is 9.53 Å². The van der Waals surface area contributed by atoms with Crippen LogP contribution in [-0.4, -0.2) is 30.5 Å². The van der Waals surface area contributed by atoms with Gasteiger partial charge in [-0.15, -0.1) is 0 Å². The molecule has 0 radical (unpaired) electrons. The lowest BCUT2D eigenvalue weighted by Crippen LogP contribution is -2.23. The Balaban J connectivity index is 1.70. The van der Waals surface area contributed by atoms with E-state index in [1.807, 2.05) is 0 Å². The van der Waals surface area contributed by atoms with E-state index in [9.17, 15) is 24.5 Å². The van der Waals surface area contributed by atoms with Gasteiger partial charge in [-0.1, -0.05) is 18.2 Å². The van der Waals surface area contributed by atoms with E-state index in [1.54, 1.807) is 24.3 Å². The summed E-state index contributed by atoms with van der Waals surface area (Å²) < 4.78 is 14.9. The first-order valence-electron chi connectivity index (χ1n) is 8.21. The molecule has 0 aliphatic carbocycles. The van der Waals surface area contributed by atoms with Gasteiger partial charge in [-0.25, -0.2) is 9.59 Å².